The van der Waals surface area contributed by atoms with Crippen LogP contribution >= 0.6 is 0 Å². The molecule has 0 saturated heterocycles. The van der Waals surface area contributed by atoms with Gasteiger partial charge in [-0.1, -0.05) is 0 Å². The first-order valence-electron chi connectivity index (χ1n) is 6.11. The van der Waals surface area contributed by atoms with Gasteiger partial charge in [-0.2, -0.15) is 5.26 Å². The van der Waals surface area contributed by atoms with Crippen molar-refractivity contribution in [2.75, 3.05) is 12.4 Å². The lowest BCUT2D eigenvalue weighted by Gasteiger charge is -2.27. The number of hydrogen-bond donors (Lipinski definition) is 2. The van der Waals surface area contributed by atoms with E-state index in [4.69, 9.17) is 10.00 Å². The van der Waals surface area contributed by atoms with Crippen LogP contribution in [0, 0.1) is 11.3 Å². The minimum Gasteiger partial charge on any atom is -0.481 e. The van der Waals surface area contributed by atoms with Gasteiger partial charge in [0.25, 0.3) is 0 Å². The third-order valence-corrected chi connectivity index (χ3v) is 3.26. The Kier molecular flexibility index (Phi) is 4.00. The van der Waals surface area contributed by atoms with Crippen molar-refractivity contribution in [2.24, 2.45) is 0 Å². The van der Waals surface area contributed by atoms with Gasteiger partial charge < -0.3 is 15.2 Å². The van der Waals surface area contributed by atoms with Crippen LogP contribution in [0.15, 0.2) is 12.3 Å². The molecule has 1 aromatic heterocycles. The van der Waals surface area contributed by atoms with Gasteiger partial charge in [-0.15, -0.1) is 0 Å². The van der Waals surface area contributed by atoms with E-state index in [9.17, 15) is 5.11 Å². The molecule has 2 N–H and O–H groups in total. The highest BCUT2D eigenvalue weighted by Gasteiger charge is 2.20. The maximum atomic E-state index is 9.47. The molecule has 0 spiro atoms. The lowest BCUT2D eigenvalue weighted by molar-refractivity contribution is 0.126. The Balaban J connectivity index is 2.10. The monoisotopic (exact) mass is 247 g/mol. The fourth-order valence-corrected chi connectivity index (χ4v) is 2.20. The first-order chi connectivity index (χ1) is 8.72. The summed E-state index contributed by atoms with van der Waals surface area (Å²) in [6.07, 6.45) is 4.78. The minimum atomic E-state index is -0.175. The summed E-state index contributed by atoms with van der Waals surface area (Å²) in [4.78, 5) is 4.01. The van der Waals surface area contributed by atoms with Crippen molar-refractivity contribution >= 4 is 5.69 Å². The predicted molar refractivity (Wildman–Crippen MR) is 67.4 cm³/mol. The molecule has 2 rings (SSSR count). The lowest BCUT2D eigenvalue weighted by atomic mass is 9.93. The lowest BCUT2D eigenvalue weighted by Crippen LogP contribution is -2.28. The number of pyridine rings is 1. The van der Waals surface area contributed by atoms with E-state index in [2.05, 4.69) is 16.4 Å². The summed E-state index contributed by atoms with van der Waals surface area (Å²) >= 11 is 0. The van der Waals surface area contributed by atoms with E-state index in [1.54, 1.807) is 13.2 Å². The predicted octanol–water partition coefficient (Wildman–Crippen LogP) is 1.68. The molecule has 1 aromatic rings. The topological polar surface area (TPSA) is 78.2 Å². The summed E-state index contributed by atoms with van der Waals surface area (Å²) in [5, 5.41) is 21.9. The van der Waals surface area contributed by atoms with Crippen LogP contribution in [0.1, 0.15) is 31.2 Å². The standard InChI is InChI=1S/C13H17N3O2/c1-18-13-6-12(9(7-14)8-15-13)16-10-2-4-11(17)5-3-10/h6,8,10-11,17H,2-5H2,1H3,(H,15,16). The highest BCUT2D eigenvalue weighted by atomic mass is 16.5. The molecule has 0 aromatic carbocycles. The first kappa shape index (κ1) is 12.7. The van der Waals surface area contributed by atoms with Crippen molar-refractivity contribution in [3.8, 4) is 11.9 Å². The zero-order valence-electron chi connectivity index (χ0n) is 10.4. The van der Waals surface area contributed by atoms with Crippen LogP contribution in [0.25, 0.3) is 0 Å². The second-order valence-electron chi connectivity index (χ2n) is 4.53. The van der Waals surface area contributed by atoms with Gasteiger partial charge in [0.05, 0.1) is 30.7 Å². The van der Waals surface area contributed by atoms with E-state index < -0.39 is 0 Å². The molecule has 0 atom stereocenters. The Hall–Kier alpha value is -1.80. The molecule has 96 valence electrons. The largest absolute Gasteiger partial charge is 0.481 e. The number of aromatic nitrogens is 1. The number of ether oxygens (including phenoxy) is 1. The molecule has 0 amide bonds. The Bertz CT molecular complexity index is 448. The zero-order chi connectivity index (χ0) is 13.0. The van der Waals surface area contributed by atoms with Crippen molar-refractivity contribution < 1.29 is 9.84 Å². The average Bonchev–Trinajstić information content (AvgIpc) is 2.41. The third kappa shape index (κ3) is 2.90. The smallest absolute Gasteiger partial charge is 0.215 e. The van der Waals surface area contributed by atoms with E-state index >= 15 is 0 Å². The molecule has 5 nitrogen and oxygen atoms in total. The number of nitriles is 1. The van der Waals surface area contributed by atoms with Crippen LogP contribution in [-0.4, -0.2) is 29.3 Å². The molecule has 0 radical (unpaired) electrons. The molecule has 1 aliphatic rings. The number of hydrogen-bond acceptors (Lipinski definition) is 5. The van der Waals surface area contributed by atoms with Crippen LogP contribution in [0.2, 0.25) is 0 Å². The summed E-state index contributed by atoms with van der Waals surface area (Å²) in [5.74, 6) is 0.493. The third-order valence-electron chi connectivity index (χ3n) is 3.26. The van der Waals surface area contributed by atoms with Crippen LogP contribution in [-0.2, 0) is 0 Å². The number of methoxy groups -OCH3 is 1. The van der Waals surface area contributed by atoms with Crippen molar-refractivity contribution in [2.45, 2.75) is 37.8 Å². The number of aliphatic hydroxyl groups is 1. The summed E-state index contributed by atoms with van der Waals surface area (Å²) in [6, 6.07) is 4.15. The van der Waals surface area contributed by atoms with Crippen LogP contribution in [0.3, 0.4) is 0 Å². The first-order valence-corrected chi connectivity index (χ1v) is 6.11. The van der Waals surface area contributed by atoms with Crippen molar-refractivity contribution in [3.63, 3.8) is 0 Å². The van der Waals surface area contributed by atoms with E-state index in [-0.39, 0.29) is 6.10 Å². The highest BCUT2D eigenvalue weighted by molar-refractivity contribution is 5.58. The quantitative estimate of drug-likeness (QED) is 0.849. The maximum Gasteiger partial charge on any atom is 0.215 e. The highest BCUT2D eigenvalue weighted by Crippen LogP contribution is 2.25. The van der Waals surface area contributed by atoms with Gasteiger partial charge in [-0.05, 0) is 25.7 Å². The Morgan fingerprint density at radius 3 is 2.78 bits per heavy atom. The van der Waals surface area contributed by atoms with Crippen LogP contribution < -0.4 is 10.1 Å². The Labute approximate surface area is 106 Å². The number of rotatable bonds is 3. The molecule has 1 aliphatic carbocycles. The van der Waals surface area contributed by atoms with Gasteiger partial charge in [-0.3, -0.25) is 0 Å². The Morgan fingerprint density at radius 2 is 2.17 bits per heavy atom. The van der Waals surface area contributed by atoms with E-state index in [1.807, 2.05) is 0 Å². The summed E-state index contributed by atoms with van der Waals surface area (Å²) in [6.45, 7) is 0. The van der Waals surface area contributed by atoms with Crippen LogP contribution in [0.4, 0.5) is 5.69 Å². The van der Waals surface area contributed by atoms with Gasteiger partial charge in [-0.25, -0.2) is 4.98 Å². The fourth-order valence-electron chi connectivity index (χ4n) is 2.20. The van der Waals surface area contributed by atoms with Gasteiger partial charge in [0, 0.05) is 12.1 Å². The SMILES string of the molecule is COc1cc(NC2CCC(O)CC2)c(C#N)cn1. The molecular weight excluding hydrogens is 230 g/mol. The molecule has 5 heteroatoms. The van der Waals surface area contributed by atoms with Gasteiger partial charge in [0.1, 0.15) is 6.07 Å². The number of nitrogens with zero attached hydrogens (tertiary/aromatic N) is 2. The summed E-state index contributed by atoms with van der Waals surface area (Å²) in [5.41, 5.74) is 1.27. The van der Waals surface area contributed by atoms with Crippen molar-refractivity contribution in [1.82, 2.24) is 4.98 Å². The molecular formula is C13H17N3O2. The number of nitrogens with one attached hydrogen (secondary N) is 1. The summed E-state index contributed by atoms with van der Waals surface area (Å²) in [7, 11) is 1.55. The molecule has 0 aliphatic heterocycles. The van der Waals surface area contributed by atoms with Crippen LogP contribution in [0.5, 0.6) is 5.88 Å². The van der Waals surface area contributed by atoms with E-state index in [0.717, 1.165) is 31.4 Å². The number of aliphatic hydroxyl groups excluding tert-OH is 1. The molecule has 0 bridgehead atoms. The van der Waals surface area contributed by atoms with Gasteiger partial charge in [0.15, 0.2) is 0 Å². The molecule has 1 saturated carbocycles. The number of anilines is 1. The molecule has 0 unspecified atom stereocenters. The van der Waals surface area contributed by atoms with E-state index in [1.165, 1.54) is 6.20 Å². The van der Waals surface area contributed by atoms with Gasteiger partial charge in [0.2, 0.25) is 5.88 Å². The minimum absolute atomic E-state index is 0.175. The van der Waals surface area contributed by atoms with Gasteiger partial charge >= 0.3 is 0 Å². The fraction of sp³-hybridized carbons (Fsp3) is 0.538. The second-order valence-corrected chi connectivity index (χ2v) is 4.53. The normalized spacial score (nSPS) is 23.2. The van der Waals surface area contributed by atoms with E-state index in [0.29, 0.717) is 17.5 Å². The average molecular weight is 247 g/mol. The Morgan fingerprint density at radius 1 is 1.44 bits per heavy atom. The van der Waals surface area contributed by atoms with Crippen molar-refractivity contribution in [1.29, 1.82) is 5.26 Å². The maximum absolute atomic E-state index is 9.47. The molecule has 18 heavy (non-hydrogen) atoms. The van der Waals surface area contributed by atoms with Crippen molar-refractivity contribution in [3.05, 3.63) is 17.8 Å². The molecule has 1 heterocycles. The summed E-state index contributed by atoms with van der Waals surface area (Å²) < 4.78 is 5.06. The zero-order valence-corrected chi connectivity index (χ0v) is 10.4. The second kappa shape index (κ2) is 5.69. The molecule has 1 fully saturated rings.